The second-order valence-electron chi connectivity index (χ2n) is 8.95. The highest BCUT2D eigenvalue weighted by Gasteiger charge is 2.39. The quantitative estimate of drug-likeness (QED) is 0.481. The van der Waals surface area contributed by atoms with Crippen molar-refractivity contribution in [3.8, 4) is 6.07 Å². The molecule has 38 heavy (non-hydrogen) atoms. The molecule has 1 atom stereocenters. The van der Waals surface area contributed by atoms with E-state index in [1.165, 1.54) is 29.2 Å². The molecule has 1 unspecified atom stereocenters. The van der Waals surface area contributed by atoms with Crippen LogP contribution in [0.5, 0.6) is 0 Å². The molecule has 0 saturated carbocycles. The summed E-state index contributed by atoms with van der Waals surface area (Å²) >= 11 is 0. The van der Waals surface area contributed by atoms with Gasteiger partial charge in [0.15, 0.2) is 0 Å². The van der Waals surface area contributed by atoms with Crippen molar-refractivity contribution in [1.29, 1.82) is 5.26 Å². The van der Waals surface area contributed by atoms with Crippen LogP contribution in [0.25, 0.3) is 6.08 Å². The van der Waals surface area contributed by atoms with Gasteiger partial charge in [0, 0.05) is 11.1 Å². The number of nitrogens with zero attached hydrogens (tertiary/aromatic N) is 2. The van der Waals surface area contributed by atoms with Gasteiger partial charge in [-0.3, -0.25) is 4.90 Å². The Hall–Kier alpha value is -4.90. The molecule has 0 saturated heterocycles. The maximum atomic E-state index is 13.7. The molecule has 2 aliphatic heterocycles. The van der Waals surface area contributed by atoms with Crippen molar-refractivity contribution in [3.63, 3.8) is 0 Å². The first-order valence-electron chi connectivity index (χ1n) is 11.9. The Morgan fingerprint density at radius 2 is 1.68 bits per heavy atom. The first-order chi connectivity index (χ1) is 18.4. The van der Waals surface area contributed by atoms with E-state index in [4.69, 9.17) is 15.2 Å². The number of benzene rings is 3. The Kier molecular flexibility index (Phi) is 6.92. The molecule has 8 heteroatoms. The molecule has 0 spiro atoms. The molecule has 2 N–H and O–H groups in total. The van der Waals surface area contributed by atoms with E-state index >= 15 is 0 Å². The van der Waals surface area contributed by atoms with Gasteiger partial charge in [0.1, 0.15) is 35.6 Å². The van der Waals surface area contributed by atoms with Crippen molar-refractivity contribution >= 4 is 12.2 Å². The molecule has 0 radical (unpaired) electrons. The Morgan fingerprint density at radius 1 is 1.03 bits per heavy atom. The van der Waals surface area contributed by atoms with Gasteiger partial charge in [0.05, 0.1) is 19.0 Å². The largest absolute Gasteiger partial charge is 0.445 e. The zero-order valence-corrected chi connectivity index (χ0v) is 20.2. The molecule has 0 fully saturated rings. The molecule has 2 aliphatic rings. The summed E-state index contributed by atoms with van der Waals surface area (Å²) in [7, 11) is 0. The fourth-order valence-corrected chi connectivity index (χ4v) is 4.61. The molecular weight excluding hydrogens is 488 g/mol. The van der Waals surface area contributed by atoms with Crippen LogP contribution in [0.4, 0.5) is 13.6 Å². The van der Waals surface area contributed by atoms with Crippen molar-refractivity contribution in [1.82, 2.24) is 4.90 Å². The average molecular weight is 512 g/mol. The summed E-state index contributed by atoms with van der Waals surface area (Å²) in [6, 6.07) is 23.1. The van der Waals surface area contributed by atoms with E-state index in [0.29, 0.717) is 28.0 Å². The maximum Gasteiger partial charge on any atom is 0.410 e. The van der Waals surface area contributed by atoms with Gasteiger partial charge in [-0.05, 0) is 47.0 Å². The van der Waals surface area contributed by atoms with Crippen LogP contribution in [0.2, 0.25) is 0 Å². The molecule has 3 aromatic carbocycles. The summed E-state index contributed by atoms with van der Waals surface area (Å²) < 4.78 is 38.8. The van der Waals surface area contributed by atoms with Gasteiger partial charge < -0.3 is 15.2 Å². The molecule has 0 aromatic heterocycles. The van der Waals surface area contributed by atoms with Crippen LogP contribution in [0.3, 0.4) is 0 Å². The van der Waals surface area contributed by atoms with Gasteiger partial charge >= 0.3 is 6.09 Å². The third-order valence-electron chi connectivity index (χ3n) is 6.42. The third-order valence-corrected chi connectivity index (χ3v) is 6.42. The third kappa shape index (κ3) is 5.13. The Labute approximate surface area is 218 Å². The Morgan fingerprint density at radius 3 is 2.34 bits per heavy atom. The number of amides is 1. The average Bonchev–Trinajstić information content (AvgIpc) is 2.93. The highest BCUT2D eigenvalue weighted by Crippen LogP contribution is 2.44. The van der Waals surface area contributed by atoms with Gasteiger partial charge in [-0.2, -0.15) is 5.26 Å². The molecule has 1 amide bonds. The molecule has 190 valence electrons. The molecular formula is C30H23F2N3O3. The second-order valence-corrected chi connectivity index (χ2v) is 8.95. The normalized spacial score (nSPS) is 18.1. The minimum Gasteiger partial charge on any atom is -0.445 e. The summed E-state index contributed by atoms with van der Waals surface area (Å²) in [5.74, 6) is -1.10. The molecule has 5 rings (SSSR count). The minimum atomic E-state index is -0.661. The lowest BCUT2D eigenvalue weighted by atomic mass is 9.80. The van der Waals surface area contributed by atoms with Crippen molar-refractivity contribution in [2.75, 3.05) is 13.1 Å². The molecule has 6 nitrogen and oxygen atoms in total. The predicted molar refractivity (Wildman–Crippen MR) is 137 cm³/mol. The van der Waals surface area contributed by atoms with Crippen LogP contribution in [-0.4, -0.2) is 24.1 Å². The van der Waals surface area contributed by atoms with E-state index in [1.54, 1.807) is 30.3 Å². The number of allylic oxidation sites excluding steroid dienone is 1. The number of carbonyl (C=O) groups excluding carboxylic acids is 1. The molecule has 0 bridgehead atoms. The topological polar surface area (TPSA) is 88.6 Å². The van der Waals surface area contributed by atoms with Gasteiger partial charge in [0.25, 0.3) is 0 Å². The Bertz CT molecular complexity index is 1490. The number of carbonyl (C=O) groups is 1. The zero-order valence-electron chi connectivity index (χ0n) is 20.2. The van der Waals surface area contributed by atoms with Crippen LogP contribution in [0, 0.1) is 23.0 Å². The monoisotopic (exact) mass is 511 g/mol. The van der Waals surface area contributed by atoms with Gasteiger partial charge in [-0.1, -0.05) is 54.6 Å². The van der Waals surface area contributed by atoms with E-state index in [9.17, 15) is 18.8 Å². The summed E-state index contributed by atoms with van der Waals surface area (Å²) in [6.07, 6.45) is 1.22. The van der Waals surface area contributed by atoms with Crippen LogP contribution < -0.4 is 5.73 Å². The fourth-order valence-electron chi connectivity index (χ4n) is 4.61. The highest BCUT2D eigenvalue weighted by molar-refractivity contribution is 5.72. The SMILES string of the molecule is N#CC1=C(N)OC2=C(CN(C(=O)OCc3ccccc3)C/C2=C\c2ccc(F)cc2)C1c1ccc(F)cc1. The number of halogens is 2. The number of ether oxygens (including phenoxy) is 2. The maximum absolute atomic E-state index is 13.7. The van der Waals surface area contributed by atoms with E-state index in [1.807, 2.05) is 30.3 Å². The second kappa shape index (κ2) is 10.6. The number of nitriles is 1. The lowest BCUT2D eigenvalue weighted by Gasteiger charge is -2.37. The number of hydrogen-bond acceptors (Lipinski definition) is 5. The van der Waals surface area contributed by atoms with E-state index < -0.39 is 17.8 Å². The van der Waals surface area contributed by atoms with Crippen LogP contribution >= 0.6 is 0 Å². The minimum absolute atomic E-state index is 0.0642. The summed E-state index contributed by atoms with van der Waals surface area (Å²) in [4.78, 5) is 14.7. The predicted octanol–water partition coefficient (Wildman–Crippen LogP) is 5.76. The highest BCUT2D eigenvalue weighted by atomic mass is 19.1. The van der Waals surface area contributed by atoms with Crippen molar-refractivity contribution in [2.45, 2.75) is 12.5 Å². The number of rotatable bonds is 4. The summed E-state index contributed by atoms with van der Waals surface area (Å²) in [6.45, 7) is 0.326. The van der Waals surface area contributed by atoms with E-state index in [0.717, 1.165) is 5.56 Å². The molecule has 2 heterocycles. The van der Waals surface area contributed by atoms with Crippen molar-refractivity contribution in [3.05, 3.63) is 136 Å². The zero-order chi connectivity index (χ0) is 26.6. The van der Waals surface area contributed by atoms with Crippen LogP contribution in [0.15, 0.2) is 107 Å². The lowest BCUT2D eigenvalue weighted by Crippen LogP contribution is -2.41. The van der Waals surface area contributed by atoms with E-state index in [2.05, 4.69) is 6.07 Å². The van der Waals surface area contributed by atoms with E-state index in [-0.39, 0.29) is 37.0 Å². The fraction of sp³-hybridized carbons (Fsp3) is 0.133. The smallest absolute Gasteiger partial charge is 0.410 e. The first kappa shape index (κ1) is 24.8. The number of hydrogen-bond donors (Lipinski definition) is 1. The number of nitrogens with two attached hydrogens (primary N) is 1. The standard InChI is InChI=1S/C30H23F2N3O3/c31-23-10-6-19(7-11-23)14-22-16-35(30(36)37-18-20-4-2-1-3-5-20)17-26-27(21-8-12-24(32)13-9-21)25(15-33)29(34)38-28(22)26/h1-14,27H,16-18,34H2/b22-14+. The Balaban J connectivity index is 1.55. The molecule has 0 aliphatic carbocycles. The summed E-state index contributed by atoms with van der Waals surface area (Å²) in [5, 5.41) is 9.93. The van der Waals surface area contributed by atoms with Crippen molar-refractivity contribution < 1.29 is 23.0 Å². The summed E-state index contributed by atoms with van der Waals surface area (Å²) in [5.41, 5.74) is 9.70. The van der Waals surface area contributed by atoms with Gasteiger partial charge in [-0.15, -0.1) is 0 Å². The lowest BCUT2D eigenvalue weighted by molar-refractivity contribution is 0.0983. The van der Waals surface area contributed by atoms with Crippen LogP contribution in [-0.2, 0) is 16.1 Å². The van der Waals surface area contributed by atoms with Gasteiger partial charge in [0.2, 0.25) is 5.88 Å². The van der Waals surface area contributed by atoms with Gasteiger partial charge in [-0.25, -0.2) is 13.6 Å². The first-order valence-corrected chi connectivity index (χ1v) is 11.9. The molecule has 3 aromatic rings. The van der Waals surface area contributed by atoms with Crippen molar-refractivity contribution in [2.24, 2.45) is 5.73 Å². The van der Waals surface area contributed by atoms with Crippen LogP contribution in [0.1, 0.15) is 22.6 Å².